The highest BCUT2D eigenvalue weighted by Crippen LogP contribution is 2.27. The lowest BCUT2D eigenvalue weighted by molar-refractivity contribution is -0.143. The topological polar surface area (TPSA) is 67.9 Å². The molecule has 1 N–H and O–H groups in total. The fraction of sp³-hybridized carbons (Fsp3) is 0.417. The normalized spacial score (nSPS) is 12.6. The van der Waals surface area contributed by atoms with Gasteiger partial charge in [-0.2, -0.15) is 0 Å². The highest BCUT2D eigenvalue weighted by Gasteiger charge is 2.29. The summed E-state index contributed by atoms with van der Waals surface area (Å²) in [5, 5.41) is 3.79. The summed E-state index contributed by atoms with van der Waals surface area (Å²) in [6.07, 6.45) is 1.24. The van der Waals surface area contributed by atoms with E-state index >= 15 is 0 Å². The molecule has 0 saturated carbocycles. The SMILES string of the molecule is CC[C@@H](C)NC(=O)[C@@H](CC)N(Cc1ccc(Cl)c(Cl)c1)C(=O)COc1ccccc1OC. The van der Waals surface area contributed by atoms with E-state index in [1.54, 1.807) is 36.4 Å². The fourth-order valence-corrected chi connectivity index (χ4v) is 3.48. The predicted octanol–water partition coefficient (Wildman–Crippen LogP) is 5.10. The van der Waals surface area contributed by atoms with Gasteiger partial charge in [0.25, 0.3) is 5.91 Å². The van der Waals surface area contributed by atoms with Crippen LogP contribution in [-0.2, 0) is 16.1 Å². The molecule has 8 heteroatoms. The number of para-hydroxylation sites is 2. The fourth-order valence-electron chi connectivity index (χ4n) is 3.16. The first-order chi connectivity index (χ1) is 15.3. The molecule has 0 saturated heterocycles. The molecule has 2 amide bonds. The van der Waals surface area contributed by atoms with Gasteiger partial charge in [0.2, 0.25) is 5.91 Å². The van der Waals surface area contributed by atoms with Crippen molar-refractivity contribution in [2.75, 3.05) is 13.7 Å². The van der Waals surface area contributed by atoms with Gasteiger partial charge < -0.3 is 19.7 Å². The number of halogens is 2. The number of rotatable bonds is 11. The van der Waals surface area contributed by atoms with Crippen LogP contribution in [0.25, 0.3) is 0 Å². The minimum absolute atomic E-state index is 0.00306. The molecule has 6 nitrogen and oxygen atoms in total. The Balaban J connectivity index is 2.27. The van der Waals surface area contributed by atoms with Crippen molar-refractivity contribution in [3.63, 3.8) is 0 Å². The minimum atomic E-state index is -0.660. The maximum atomic E-state index is 13.3. The molecule has 174 valence electrons. The molecule has 0 aromatic heterocycles. The van der Waals surface area contributed by atoms with Crippen molar-refractivity contribution < 1.29 is 19.1 Å². The molecule has 0 aliphatic rings. The zero-order chi connectivity index (χ0) is 23.7. The van der Waals surface area contributed by atoms with Gasteiger partial charge >= 0.3 is 0 Å². The van der Waals surface area contributed by atoms with Crippen molar-refractivity contribution in [3.8, 4) is 11.5 Å². The number of methoxy groups -OCH3 is 1. The Kier molecular flexibility index (Phi) is 10.1. The van der Waals surface area contributed by atoms with Crippen molar-refractivity contribution >= 4 is 35.0 Å². The smallest absolute Gasteiger partial charge is 0.261 e. The standard InChI is InChI=1S/C24H30Cl2N2O4/c1-5-16(3)27-24(30)20(6-2)28(14-17-11-12-18(25)19(26)13-17)23(29)15-32-22-10-8-7-9-21(22)31-4/h7-13,16,20H,5-6,14-15H2,1-4H3,(H,27,30)/t16-,20-/m1/s1. The summed E-state index contributed by atoms with van der Waals surface area (Å²) in [6, 6.07) is 11.6. The van der Waals surface area contributed by atoms with Crippen molar-refractivity contribution in [1.82, 2.24) is 10.2 Å². The Morgan fingerprint density at radius 1 is 1.03 bits per heavy atom. The first kappa shape index (κ1) is 25.8. The molecule has 0 aliphatic heterocycles. The van der Waals surface area contributed by atoms with Crippen LogP contribution >= 0.6 is 23.2 Å². The molecular weight excluding hydrogens is 451 g/mol. The van der Waals surface area contributed by atoms with E-state index in [1.165, 1.54) is 12.0 Å². The first-order valence-corrected chi connectivity index (χ1v) is 11.4. The van der Waals surface area contributed by atoms with Gasteiger partial charge in [-0.15, -0.1) is 0 Å². The van der Waals surface area contributed by atoms with Crippen LogP contribution in [0.5, 0.6) is 11.5 Å². The van der Waals surface area contributed by atoms with Crippen LogP contribution in [0, 0.1) is 0 Å². The van der Waals surface area contributed by atoms with E-state index in [2.05, 4.69) is 5.32 Å². The Labute approximate surface area is 199 Å². The van der Waals surface area contributed by atoms with Crippen molar-refractivity contribution in [2.24, 2.45) is 0 Å². The molecule has 0 fully saturated rings. The average molecular weight is 481 g/mol. The van der Waals surface area contributed by atoms with Gasteiger partial charge in [-0.25, -0.2) is 0 Å². The summed E-state index contributed by atoms with van der Waals surface area (Å²) >= 11 is 12.2. The van der Waals surface area contributed by atoms with Crippen LogP contribution in [0.3, 0.4) is 0 Å². The molecule has 0 heterocycles. The first-order valence-electron chi connectivity index (χ1n) is 10.6. The minimum Gasteiger partial charge on any atom is -0.493 e. The van der Waals surface area contributed by atoms with Crippen LogP contribution in [0.15, 0.2) is 42.5 Å². The third-order valence-corrected chi connectivity index (χ3v) is 5.88. The third kappa shape index (κ3) is 7.04. The molecule has 32 heavy (non-hydrogen) atoms. The zero-order valence-corrected chi connectivity index (χ0v) is 20.4. The third-order valence-electron chi connectivity index (χ3n) is 5.14. The molecule has 2 atom stereocenters. The van der Waals surface area contributed by atoms with Crippen LogP contribution in [0.1, 0.15) is 39.2 Å². The lowest BCUT2D eigenvalue weighted by Crippen LogP contribution is -2.51. The maximum Gasteiger partial charge on any atom is 0.261 e. The molecule has 0 spiro atoms. The number of ether oxygens (including phenoxy) is 2. The summed E-state index contributed by atoms with van der Waals surface area (Å²) < 4.78 is 11.0. The second-order valence-electron chi connectivity index (χ2n) is 7.45. The quantitative estimate of drug-likeness (QED) is 0.485. The van der Waals surface area contributed by atoms with Crippen LogP contribution in [-0.4, -0.2) is 42.5 Å². The summed E-state index contributed by atoms with van der Waals surface area (Å²) in [5.41, 5.74) is 0.764. The molecule has 2 aromatic rings. The van der Waals surface area contributed by atoms with Crippen LogP contribution in [0.2, 0.25) is 10.0 Å². The summed E-state index contributed by atoms with van der Waals surface area (Å²) in [7, 11) is 1.53. The van der Waals surface area contributed by atoms with Gasteiger partial charge in [0.1, 0.15) is 6.04 Å². The van der Waals surface area contributed by atoms with Gasteiger partial charge in [-0.3, -0.25) is 9.59 Å². The Bertz CT molecular complexity index is 923. The lowest BCUT2D eigenvalue weighted by atomic mass is 10.1. The number of benzene rings is 2. The Hall–Kier alpha value is -2.44. The molecule has 0 radical (unpaired) electrons. The summed E-state index contributed by atoms with van der Waals surface area (Å²) in [6.45, 7) is 5.75. The monoisotopic (exact) mass is 480 g/mol. The highest BCUT2D eigenvalue weighted by atomic mass is 35.5. The van der Waals surface area contributed by atoms with E-state index in [0.717, 1.165) is 12.0 Å². The van der Waals surface area contributed by atoms with Gasteiger partial charge in [0, 0.05) is 12.6 Å². The molecule has 2 aromatic carbocycles. The van der Waals surface area contributed by atoms with Crippen LogP contribution < -0.4 is 14.8 Å². The predicted molar refractivity (Wildman–Crippen MR) is 127 cm³/mol. The van der Waals surface area contributed by atoms with Gasteiger partial charge in [-0.1, -0.05) is 55.2 Å². The lowest BCUT2D eigenvalue weighted by Gasteiger charge is -2.31. The zero-order valence-electron chi connectivity index (χ0n) is 18.9. The van der Waals surface area contributed by atoms with Crippen molar-refractivity contribution in [3.05, 3.63) is 58.1 Å². The summed E-state index contributed by atoms with van der Waals surface area (Å²) in [5.74, 6) is 0.452. The van der Waals surface area contributed by atoms with E-state index in [-0.39, 0.29) is 31.0 Å². The largest absolute Gasteiger partial charge is 0.493 e. The molecular formula is C24H30Cl2N2O4. The number of nitrogens with one attached hydrogen (secondary N) is 1. The van der Waals surface area contributed by atoms with Crippen molar-refractivity contribution in [1.29, 1.82) is 0 Å². The molecule has 2 rings (SSSR count). The molecule has 0 bridgehead atoms. The van der Waals surface area contributed by atoms with E-state index in [0.29, 0.717) is 28.0 Å². The van der Waals surface area contributed by atoms with E-state index in [1.807, 2.05) is 26.8 Å². The number of hydrogen-bond acceptors (Lipinski definition) is 4. The second kappa shape index (κ2) is 12.6. The number of carbonyl (C=O) groups is 2. The average Bonchev–Trinajstić information content (AvgIpc) is 2.79. The summed E-state index contributed by atoms with van der Waals surface area (Å²) in [4.78, 5) is 27.7. The Morgan fingerprint density at radius 2 is 1.72 bits per heavy atom. The second-order valence-corrected chi connectivity index (χ2v) is 8.27. The number of carbonyl (C=O) groups excluding carboxylic acids is 2. The van der Waals surface area contributed by atoms with E-state index in [4.69, 9.17) is 32.7 Å². The van der Waals surface area contributed by atoms with Gasteiger partial charge in [0.05, 0.1) is 17.2 Å². The highest BCUT2D eigenvalue weighted by molar-refractivity contribution is 6.42. The number of hydrogen-bond donors (Lipinski definition) is 1. The van der Waals surface area contributed by atoms with Crippen LogP contribution in [0.4, 0.5) is 0 Å². The number of amides is 2. The Morgan fingerprint density at radius 3 is 2.31 bits per heavy atom. The van der Waals surface area contributed by atoms with Gasteiger partial charge in [0.15, 0.2) is 18.1 Å². The van der Waals surface area contributed by atoms with E-state index in [9.17, 15) is 9.59 Å². The molecule has 0 unspecified atom stereocenters. The van der Waals surface area contributed by atoms with Gasteiger partial charge in [-0.05, 0) is 49.6 Å². The van der Waals surface area contributed by atoms with Crippen molar-refractivity contribution in [2.45, 2.75) is 52.2 Å². The maximum absolute atomic E-state index is 13.3. The number of nitrogens with zero attached hydrogens (tertiary/aromatic N) is 1. The molecule has 0 aliphatic carbocycles. The van der Waals surface area contributed by atoms with E-state index < -0.39 is 6.04 Å².